The number of ether oxygens (including phenoxy) is 1. The van der Waals surface area contributed by atoms with Crippen molar-refractivity contribution < 1.29 is 9.53 Å². The van der Waals surface area contributed by atoms with E-state index in [1.54, 1.807) is 0 Å². The lowest BCUT2D eigenvalue weighted by Gasteiger charge is -2.01. The Morgan fingerprint density at radius 2 is 1.93 bits per heavy atom. The van der Waals surface area contributed by atoms with Crippen LogP contribution in [-0.4, -0.2) is 18.3 Å². The number of rotatable bonds is 3. The van der Waals surface area contributed by atoms with E-state index in [0.717, 1.165) is 17.3 Å². The lowest BCUT2D eigenvalue weighted by atomic mass is 10.1. The molecule has 0 bridgehead atoms. The van der Waals surface area contributed by atoms with Crippen LogP contribution in [0.4, 0.5) is 0 Å². The van der Waals surface area contributed by atoms with Gasteiger partial charge in [0.05, 0.1) is 0 Å². The van der Waals surface area contributed by atoms with Crippen LogP contribution in [0.15, 0.2) is 24.3 Å². The van der Waals surface area contributed by atoms with E-state index >= 15 is 0 Å². The van der Waals surface area contributed by atoms with Crippen molar-refractivity contribution in [2.24, 2.45) is 0 Å². The molecule has 2 nitrogen and oxygen atoms in total. The van der Waals surface area contributed by atoms with Crippen molar-refractivity contribution in [3.8, 4) is 0 Å². The fourth-order valence-corrected chi connectivity index (χ4v) is 3.93. The molecule has 0 amide bonds. The van der Waals surface area contributed by atoms with Crippen LogP contribution in [0.5, 0.6) is 0 Å². The van der Waals surface area contributed by atoms with E-state index in [4.69, 9.17) is 4.74 Å². The Morgan fingerprint density at radius 1 is 1.33 bits per heavy atom. The van der Waals surface area contributed by atoms with Crippen LogP contribution in [0.1, 0.15) is 18.1 Å². The molecule has 0 radical (unpaired) electrons. The molecule has 0 saturated carbocycles. The van der Waals surface area contributed by atoms with Gasteiger partial charge in [0.1, 0.15) is 23.9 Å². The summed E-state index contributed by atoms with van der Waals surface area (Å²) in [6.45, 7) is 2.04. The molecule has 80 valence electrons. The van der Waals surface area contributed by atoms with Gasteiger partial charge >= 0.3 is 5.97 Å². The molecule has 0 aromatic heterocycles. The van der Waals surface area contributed by atoms with Crippen molar-refractivity contribution in [2.75, 3.05) is 12.4 Å². The molecule has 1 heterocycles. The molecule has 0 N–H and O–H groups in total. The van der Waals surface area contributed by atoms with Gasteiger partial charge in [-0.2, -0.15) is 0 Å². The maximum absolute atomic E-state index is 10.6. The Bertz CT molecular complexity index is 337. The van der Waals surface area contributed by atoms with Gasteiger partial charge in [-0.1, -0.05) is 24.3 Å². The summed E-state index contributed by atoms with van der Waals surface area (Å²) in [6.07, 6.45) is 0. The zero-order chi connectivity index (χ0) is 10.7. The number of fused-ring (bicyclic) bond motifs is 1. The molecule has 0 fully saturated rings. The molecule has 1 aromatic rings. The molecule has 2 rings (SSSR count). The highest BCUT2D eigenvalue weighted by atomic mass is 32.2. The highest BCUT2D eigenvalue weighted by Crippen LogP contribution is 2.26. The maximum atomic E-state index is 10.6. The molecule has 1 aromatic carbocycles. The quantitative estimate of drug-likeness (QED) is 0.578. The molecule has 0 saturated heterocycles. The third-order valence-corrected chi connectivity index (χ3v) is 4.70. The largest absolute Gasteiger partial charge is 0.461 e. The second-order valence-corrected chi connectivity index (χ2v) is 5.92. The lowest BCUT2D eigenvalue weighted by Crippen LogP contribution is -2.13. The fraction of sp³-hybridized carbons (Fsp3) is 0.417. The number of carbonyl (C=O) groups is 1. The van der Waals surface area contributed by atoms with Gasteiger partial charge in [-0.3, -0.25) is 4.79 Å². The first-order chi connectivity index (χ1) is 7.25. The monoisotopic (exact) mass is 223 g/mol. The smallest absolute Gasteiger partial charge is 0.302 e. The molecule has 3 heteroatoms. The van der Waals surface area contributed by atoms with Crippen LogP contribution in [0, 0.1) is 0 Å². The van der Waals surface area contributed by atoms with Crippen molar-refractivity contribution in [3.63, 3.8) is 0 Å². The number of hydrogen-bond donors (Lipinski definition) is 0. The van der Waals surface area contributed by atoms with Crippen molar-refractivity contribution >= 4 is 16.9 Å². The Hall–Kier alpha value is -0.960. The van der Waals surface area contributed by atoms with Gasteiger partial charge in [-0.25, -0.2) is 0 Å². The standard InChI is InChI=1S/C12H15O2S/c1-10(13)14-6-7-15-8-11-4-2-3-5-12(11)9-15/h2-5H,6-9H2,1H3/q+1. The van der Waals surface area contributed by atoms with Crippen LogP contribution in [0.2, 0.25) is 0 Å². The van der Waals surface area contributed by atoms with E-state index in [1.165, 1.54) is 18.1 Å². The summed E-state index contributed by atoms with van der Waals surface area (Å²) < 4.78 is 4.97. The Kier molecular flexibility index (Phi) is 3.31. The Morgan fingerprint density at radius 3 is 2.47 bits per heavy atom. The second-order valence-electron chi connectivity index (χ2n) is 3.71. The van der Waals surface area contributed by atoms with Crippen molar-refractivity contribution in [3.05, 3.63) is 35.4 Å². The molecular formula is C12H15O2S+. The van der Waals surface area contributed by atoms with E-state index in [-0.39, 0.29) is 5.97 Å². The highest BCUT2D eigenvalue weighted by molar-refractivity contribution is 7.95. The second kappa shape index (κ2) is 4.71. The van der Waals surface area contributed by atoms with Crippen LogP contribution in [0.3, 0.4) is 0 Å². The normalized spacial score (nSPS) is 15.0. The summed E-state index contributed by atoms with van der Waals surface area (Å²) in [7, 11) is 0.383. The van der Waals surface area contributed by atoms with E-state index in [2.05, 4.69) is 24.3 Å². The van der Waals surface area contributed by atoms with E-state index < -0.39 is 0 Å². The molecule has 0 aliphatic carbocycles. The van der Waals surface area contributed by atoms with Crippen molar-refractivity contribution in [2.45, 2.75) is 18.4 Å². The van der Waals surface area contributed by atoms with Gasteiger partial charge in [-0.15, -0.1) is 0 Å². The zero-order valence-electron chi connectivity index (χ0n) is 8.86. The molecule has 0 spiro atoms. The van der Waals surface area contributed by atoms with Crippen molar-refractivity contribution in [1.29, 1.82) is 0 Å². The third kappa shape index (κ3) is 2.75. The fourth-order valence-electron chi connectivity index (χ4n) is 1.78. The van der Waals surface area contributed by atoms with Gasteiger partial charge in [-0.05, 0) is 10.9 Å². The van der Waals surface area contributed by atoms with Gasteiger partial charge in [0.15, 0.2) is 0 Å². The average Bonchev–Trinajstić information content (AvgIpc) is 2.59. The number of benzene rings is 1. The van der Waals surface area contributed by atoms with Gasteiger partial charge in [0.2, 0.25) is 0 Å². The van der Waals surface area contributed by atoms with Crippen LogP contribution in [0.25, 0.3) is 0 Å². The van der Waals surface area contributed by atoms with Gasteiger partial charge in [0, 0.05) is 18.1 Å². The molecule has 15 heavy (non-hydrogen) atoms. The van der Waals surface area contributed by atoms with Crippen LogP contribution < -0.4 is 0 Å². The summed E-state index contributed by atoms with van der Waals surface area (Å²) in [6, 6.07) is 8.60. The first-order valence-electron chi connectivity index (χ1n) is 5.10. The summed E-state index contributed by atoms with van der Waals surface area (Å²) in [4.78, 5) is 10.6. The topological polar surface area (TPSA) is 26.3 Å². The molecular weight excluding hydrogens is 208 g/mol. The predicted molar refractivity (Wildman–Crippen MR) is 62.7 cm³/mol. The first-order valence-corrected chi connectivity index (χ1v) is 6.83. The minimum atomic E-state index is -0.171. The van der Waals surface area contributed by atoms with E-state index in [1.807, 2.05) is 0 Å². The van der Waals surface area contributed by atoms with Crippen LogP contribution >= 0.6 is 0 Å². The number of esters is 1. The maximum Gasteiger partial charge on any atom is 0.302 e. The van der Waals surface area contributed by atoms with Crippen LogP contribution in [-0.2, 0) is 31.9 Å². The highest BCUT2D eigenvalue weighted by Gasteiger charge is 2.28. The number of hydrogen-bond acceptors (Lipinski definition) is 2. The minimum Gasteiger partial charge on any atom is -0.461 e. The summed E-state index contributed by atoms with van der Waals surface area (Å²) >= 11 is 0. The lowest BCUT2D eigenvalue weighted by molar-refractivity contribution is -0.140. The first kappa shape index (κ1) is 10.6. The Balaban J connectivity index is 1.83. The number of carbonyl (C=O) groups excluding carboxylic acids is 1. The van der Waals surface area contributed by atoms with Gasteiger partial charge < -0.3 is 4.74 Å². The zero-order valence-corrected chi connectivity index (χ0v) is 9.68. The summed E-state index contributed by atoms with van der Waals surface area (Å²) in [5.74, 6) is 3.17. The van der Waals surface area contributed by atoms with E-state index in [0.29, 0.717) is 17.5 Å². The predicted octanol–water partition coefficient (Wildman–Crippen LogP) is 1.88. The molecule has 0 unspecified atom stereocenters. The Labute approximate surface area is 93.0 Å². The third-order valence-electron chi connectivity index (χ3n) is 2.51. The molecule has 0 atom stereocenters. The average molecular weight is 223 g/mol. The van der Waals surface area contributed by atoms with Gasteiger partial charge in [0.25, 0.3) is 0 Å². The van der Waals surface area contributed by atoms with Crippen molar-refractivity contribution in [1.82, 2.24) is 0 Å². The summed E-state index contributed by atoms with van der Waals surface area (Å²) in [5.41, 5.74) is 2.95. The minimum absolute atomic E-state index is 0.171. The van der Waals surface area contributed by atoms with E-state index in [9.17, 15) is 4.79 Å². The summed E-state index contributed by atoms with van der Waals surface area (Å²) in [5, 5.41) is 0. The molecule has 1 aliphatic heterocycles. The molecule has 1 aliphatic rings. The SMILES string of the molecule is CC(=O)OCC[S+]1Cc2ccccc2C1.